The molecule has 1 N–H and O–H groups in total. The van der Waals surface area contributed by atoms with Crippen LogP contribution in [0.4, 0.5) is 4.39 Å². The molecule has 2 saturated heterocycles. The fourth-order valence-corrected chi connectivity index (χ4v) is 5.29. The van der Waals surface area contributed by atoms with Crippen LogP contribution in [0.25, 0.3) is 0 Å². The third-order valence-electron chi connectivity index (χ3n) is 4.27. The molecule has 7 heteroatoms. The zero-order valence-corrected chi connectivity index (χ0v) is 12.1. The molecule has 1 aromatic rings. The Morgan fingerprint density at radius 3 is 2.48 bits per heavy atom. The maximum atomic E-state index is 13.4. The first kappa shape index (κ1) is 14.4. The normalized spacial score (nSPS) is 29.3. The lowest BCUT2D eigenvalue weighted by molar-refractivity contribution is 0.0769. The molecule has 2 atom stereocenters. The predicted molar refractivity (Wildman–Crippen MR) is 72.2 cm³/mol. The number of aliphatic hydroxyl groups excluding tert-OH is 1. The van der Waals surface area contributed by atoms with Crippen molar-refractivity contribution < 1.29 is 17.9 Å². The van der Waals surface area contributed by atoms with Crippen LogP contribution in [-0.2, 0) is 10.0 Å². The van der Waals surface area contributed by atoms with Gasteiger partial charge in [0.1, 0.15) is 11.9 Å². The lowest BCUT2D eigenvalue weighted by Crippen LogP contribution is -2.47. The molecule has 0 aromatic heterocycles. The van der Waals surface area contributed by atoms with Crippen molar-refractivity contribution in [2.75, 3.05) is 0 Å². The van der Waals surface area contributed by atoms with Crippen LogP contribution in [0.1, 0.15) is 31.2 Å². The van der Waals surface area contributed by atoms with Crippen LogP contribution in [0.15, 0.2) is 23.1 Å². The van der Waals surface area contributed by atoms with Crippen molar-refractivity contribution in [3.63, 3.8) is 0 Å². The van der Waals surface area contributed by atoms with Crippen molar-refractivity contribution >= 4 is 10.0 Å². The van der Waals surface area contributed by atoms with Crippen LogP contribution < -0.4 is 0 Å². The Morgan fingerprint density at radius 1 is 1.29 bits per heavy atom. The van der Waals surface area contributed by atoms with Gasteiger partial charge in [-0.3, -0.25) is 0 Å². The average molecular weight is 310 g/mol. The SMILES string of the molecule is N#Cc1cc(S(=O)(=O)N2C3CCC2CC(O)C3)ccc1F. The van der Waals surface area contributed by atoms with E-state index < -0.39 is 21.9 Å². The monoisotopic (exact) mass is 310 g/mol. The minimum atomic E-state index is -3.77. The van der Waals surface area contributed by atoms with Crippen LogP contribution in [-0.4, -0.2) is 36.0 Å². The molecule has 0 saturated carbocycles. The first-order chi connectivity index (χ1) is 9.93. The van der Waals surface area contributed by atoms with Crippen molar-refractivity contribution in [3.05, 3.63) is 29.6 Å². The Kier molecular flexibility index (Phi) is 3.48. The number of rotatable bonds is 2. The maximum Gasteiger partial charge on any atom is 0.243 e. The molecular weight excluding hydrogens is 295 g/mol. The Bertz CT molecular complexity index is 699. The maximum absolute atomic E-state index is 13.4. The molecule has 0 amide bonds. The van der Waals surface area contributed by atoms with E-state index >= 15 is 0 Å². The molecule has 1 aromatic carbocycles. The summed E-state index contributed by atoms with van der Waals surface area (Å²) in [5.74, 6) is -0.728. The van der Waals surface area contributed by atoms with Crippen LogP contribution in [0.3, 0.4) is 0 Å². The summed E-state index contributed by atoms with van der Waals surface area (Å²) in [6, 6.07) is 4.51. The molecule has 0 radical (unpaired) electrons. The molecule has 2 heterocycles. The number of nitrogens with zero attached hydrogens (tertiary/aromatic N) is 2. The molecule has 2 fully saturated rings. The Balaban J connectivity index is 2.00. The van der Waals surface area contributed by atoms with Gasteiger partial charge in [-0.05, 0) is 43.9 Å². The van der Waals surface area contributed by atoms with E-state index in [0.29, 0.717) is 12.8 Å². The molecule has 3 rings (SSSR count). The Hall–Kier alpha value is -1.49. The Labute approximate surface area is 122 Å². The number of hydrogen-bond acceptors (Lipinski definition) is 4. The molecule has 2 aliphatic rings. The van der Waals surface area contributed by atoms with E-state index in [9.17, 15) is 17.9 Å². The number of halogens is 1. The van der Waals surface area contributed by atoms with E-state index in [1.165, 1.54) is 10.4 Å². The zero-order chi connectivity index (χ0) is 15.2. The fraction of sp³-hybridized carbons (Fsp3) is 0.500. The molecule has 2 unspecified atom stereocenters. The number of aliphatic hydroxyl groups is 1. The van der Waals surface area contributed by atoms with Gasteiger partial charge in [0.25, 0.3) is 0 Å². The van der Waals surface area contributed by atoms with Gasteiger partial charge in [0, 0.05) is 12.1 Å². The summed E-state index contributed by atoms with van der Waals surface area (Å²) >= 11 is 0. The van der Waals surface area contributed by atoms with E-state index in [1.54, 1.807) is 6.07 Å². The van der Waals surface area contributed by atoms with Crippen molar-refractivity contribution in [3.8, 4) is 6.07 Å². The first-order valence-corrected chi connectivity index (χ1v) is 8.28. The van der Waals surface area contributed by atoms with Crippen molar-refractivity contribution in [1.82, 2.24) is 4.31 Å². The number of sulfonamides is 1. The van der Waals surface area contributed by atoms with Gasteiger partial charge in [-0.15, -0.1) is 0 Å². The highest BCUT2D eigenvalue weighted by Gasteiger charge is 2.46. The minimum absolute atomic E-state index is 0.0614. The van der Waals surface area contributed by atoms with Crippen molar-refractivity contribution in [2.45, 2.75) is 48.8 Å². The summed E-state index contributed by atoms with van der Waals surface area (Å²) in [6.07, 6.45) is 1.86. The summed E-state index contributed by atoms with van der Waals surface area (Å²) in [4.78, 5) is -0.0614. The van der Waals surface area contributed by atoms with E-state index in [2.05, 4.69) is 0 Å². The number of nitriles is 1. The van der Waals surface area contributed by atoms with Gasteiger partial charge in [0.15, 0.2) is 0 Å². The standard InChI is InChI=1S/C14H15FN2O3S/c15-14-4-3-13(5-9(14)8-16)21(19,20)17-10-1-2-11(17)7-12(18)6-10/h3-5,10-12,18H,1-2,6-7H2. The highest BCUT2D eigenvalue weighted by molar-refractivity contribution is 7.89. The minimum Gasteiger partial charge on any atom is -0.393 e. The van der Waals surface area contributed by atoms with Gasteiger partial charge >= 0.3 is 0 Å². The van der Waals surface area contributed by atoms with E-state index in [-0.39, 0.29) is 22.5 Å². The summed E-state index contributed by atoms with van der Waals surface area (Å²) in [6.45, 7) is 0. The van der Waals surface area contributed by atoms with Gasteiger partial charge in [-0.2, -0.15) is 9.57 Å². The second-order valence-corrected chi connectivity index (χ2v) is 7.44. The average Bonchev–Trinajstić information content (AvgIpc) is 2.72. The van der Waals surface area contributed by atoms with Crippen LogP contribution in [0.2, 0.25) is 0 Å². The molecule has 112 valence electrons. The summed E-state index contributed by atoms with van der Waals surface area (Å²) in [5, 5.41) is 18.6. The van der Waals surface area contributed by atoms with Crippen molar-refractivity contribution in [1.29, 1.82) is 5.26 Å². The quantitative estimate of drug-likeness (QED) is 0.894. The first-order valence-electron chi connectivity index (χ1n) is 6.84. The second kappa shape index (κ2) is 5.05. The summed E-state index contributed by atoms with van der Waals surface area (Å²) in [5.41, 5.74) is -0.277. The Morgan fingerprint density at radius 2 is 1.90 bits per heavy atom. The topological polar surface area (TPSA) is 81.4 Å². The summed E-state index contributed by atoms with van der Waals surface area (Å²) < 4.78 is 40.3. The molecule has 0 aliphatic carbocycles. The van der Waals surface area contributed by atoms with E-state index in [1.807, 2.05) is 0 Å². The van der Waals surface area contributed by atoms with E-state index in [0.717, 1.165) is 25.0 Å². The van der Waals surface area contributed by atoms with Crippen LogP contribution in [0.5, 0.6) is 0 Å². The second-order valence-electron chi connectivity index (χ2n) is 5.60. The molecular formula is C14H15FN2O3S. The smallest absolute Gasteiger partial charge is 0.243 e. The predicted octanol–water partition coefficient (Wildman–Crippen LogP) is 1.37. The number of benzene rings is 1. The largest absolute Gasteiger partial charge is 0.393 e. The number of hydrogen-bond donors (Lipinski definition) is 1. The van der Waals surface area contributed by atoms with Gasteiger partial charge in [-0.25, -0.2) is 12.8 Å². The molecule has 0 spiro atoms. The summed E-state index contributed by atoms with van der Waals surface area (Å²) in [7, 11) is -3.77. The van der Waals surface area contributed by atoms with Crippen LogP contribution in [0, 0.1) is 17.1 Å². The van der Waals surface area contributed by atoms with Gasteiger partial charge in [0.2, 0.25) is 10.0 Å². The lowest BCUT2D eigenvalue weighted by atomic mass is 10.0. The molecule has 21 heavy (non-hydrogen) atoms. The zero-order valence-electron chi connectivity index (χ0n) is 11.2. The number of piperidine rings is 1. The van der Waals surface area contributed by atoms with Crippen LogP contribution >= 0.6 is 0 Å². The molecule has 2 bridgehead atoms. The third-order valence-corrected chi connectivity index (χ3v) is 6.28. The highest BCUT2D eigenvalue weighted by Crippen LogP contribution is 2.39. The number of fused-ring (bicyclic) bond motifs is 2. The highest BCUT2D eigenvalue weighted by atomic mass is 32.2. The fourth-order valence-electron chi connectivity index (χ4n) is 3.37. The van der Waals surface area contributed by atoms with Gasteiger partial charge in [-0.1, -0.05) is 0 Å². The van der Waals surface area contributed by atoms with Gasteiger partial charge < -0.3 is 5.11 Å². The lowest BCUT2D eigenvalue weighted by Gasteiger charge is -2.36. The third kappa shape index (κ3) is 2.33. The molecule has 5 nitrogen and oxygen atoms in total. The van der Waals surface area contributed by atoms with E-state index in [4.69, 9.17) is 5.26 Å². The molecule has 2 aliphatic heterocycles. The van der Waals surface area contributed by atoms with Gasteiger partial charge in [0.05, 0.1) is 16.6 Å². The van der Waals surface area contributed by atoms with Crippen molar-refractivity contribution in [2.24, 2.45) is 0 Å².